The molecule has 0 spiro atoms. The minimum Gasteiger partial charge on any atom is -0.320 e. The number of aryl methyl sites for hydroxylation is 2. The molecular weight excluding hydrogens is 450 g/mol. The number of carbonyl (C=O) groups excluding carboxylic acids is 1. The predicted octanol–water partition coefficient (Wildman–Crippen LogP) is 5.84. The third kappa shape index (κ3) is 3.51. The molecule has 2 aromatic carbocycles. The summed E-state index contributed by atoms with van der Waals surface area (Å²) in [6.45, 7) is 3.96. The van der Waals surface area contributed by atoms with E-state index in [0.717, 1.165) is 30.2 Å². The van der Waals surface area contributed by atoms with Crippen molar-refractivity contribution in [1.29, 1.82) is 0 Å². The minimum absolute atomic E-state index is 0.133. The average molecular weight is 462 g/mol. The van der Waals surface area contributed by atoms with Crippen LogP contribution in [0.15, 0.2) is 43.7 Å². The molecule has 0 heterocycles. The number of rotatable bonds is 2. The zero-order valence-electron chi connectivity index (χ0n) is 10.9. The lowest BCUT2D eigenvalue weighted by Gasteiger charge is -2.11. The Balaban J connectivity index is 2.30. The summed E-state index contributed by atoms with van der Waals surface area (Å²) < 4.78 is 2.70. The first kappa shape index (κ1) is 15.7. The monoisotopic (exact) mass is 459 g/mol. The average Bonchev–Trinajstić information content (AvgIpc) is 2.36. The van der Waals surface area contributed by atoms with E-state index in [1.54, 1.807) is 6.07 Å². The van der Waals surface area contributed by atoms with Gasteiger partial charge in [-0.1, -0.05) is 15.9 Å². The maximum Gasteiger partial charge on any atom is 0.255 e. The van der Waals surface area contributed by atoms with Crippen LogP contribution in [0.1, 0.15) is 21.5 Å². The molecule has 0 aliphatic carbocycles. The zero-order valence-corrected chi connectivity index (χ0v) is 15.7. The molecule has 1 amide bonds. The molecule has 2 nitrogen and oxygen atoms in total. The fourth-order valence-corrected chi connectivity index (χ4v) is 3.65. The van der Waals surface area contributed by atoms with E-state index >= 15 is 0 Å². The van der Waals surface area contributed by atoms with E-state index < -0.39 is 0 Å². The highest BCUT2D eigenvalue weighted by atomic mass is 79.9. The first-order valence-electron chi connectivity index (χ1n) is 5.91. The fraction of sp³-hybridized carbons (Fsp3) is 0.133. The van der Waals surface area contributed by atoms with Crippen molar-refractivity contribution in [3.8, 4) is 0 Å². The molecule has 0 aliphatic heterocycles. The van der Waals surface area contributed by atoms with E-state index in [-0.39, 0.29) is 5.91 Å². The molecule has 0 aliphatic rings. The maximum absolute atomic E-state index is 12.3. The Kier molecular flexibility index (Phi) is 5.04. The van der Waals surface area contributed by atoms with Crippen LogP contribution in [-0.4, -0.2) is 5.91 Å². The van der Waals surface area contributed by atoms with E-state index in [9.17, 15) is 4.79 Å². The molecule has 0 aromatic heterocycles. The van der Waals surface area contributed by atoms with Crippen LogP contribution in [0.25, 0.3) is 0 Å². The summed E-state index contributed by atoms with van der Waals surface area (Å²) in [6.07, 6.45) is 0. The van der Waals surface area contributed by atoms with Crippen molar-refractivity contribution < 1.29 is 4.79 Å². The van der Waals surface area contributed by atoms with Gasteiger partial charge in [-0.25, -0.2) is 0 Å². The Morgan fingerprint density at radius 2 is 1.55 bits per heavy atom. The van der Waals surface area contributed by atoms with Gasteiger partial charge in [0.15, 0.2) is 0 Å². The second-order valence-corrected chi connectivity index (χ2v) is 7.08. The number of amides is 1. The Morgan fingerprint density at radius 3 is 2.10 bits per heavy atom. The Labute approximate surface area is 143 Å². The number of nitrogens with one attached hydrogen (secondary N) is 1. The standard InChI is InChI=1S/C15H12Br3NO/c1-8-5-12(17)14(13(18)6-8)19-15(20)10-3-4-11(16)9(2)7-10/h3-7H,1-2H3,(H,19,20). The molecule has 0 saturated heterocycles. The first-order chi connectivity index (χ1) is 9.38. The second-order valence-electron chi connectivity index (χ2n) is 4.52. The smallest absolute Gasteiger partial charge is 0.255 e. The normalized spacial score (nSPS) is 10.4. The lowest BCUT2D eigenvalue weighted by atomic mass is 10.1. The van der Waals surface area contributed by atoms with Crippen LogP contribution in [-0.2, 0) is 0 Å². The van der Waals surface area contributed by atoms with Crippen molar-refractivity contribution in [2.24, 2.45) is 0 Å². The summed E-state index contributed by atoms with van der Waals surface area (Å²) in [4.78, 5) is 12.3. The zero-order chi connectivity index (χ0) is 14.9. The van der Waals surface area contributed by atoms with Gasteiger partial charge in [0.05, 0.1) is 5.69 Å². The van der Waals surface area contributed by atoms with Gasteiger partial charge in [0.2, 0.25) is 0 Å². The van der Waals surface area contributed by atoms with Gasteiger partial charge in [-0.05, 0) is 87.2 Å². The highest BCUT2D eigenvalue weighted by Crippen LogP contribution is 2.32. The lowest BCUT2D eigenvalue weighted by Crippen LogP contribution is -2.13. The van der Waals surface area contributed by atoms with Gasteiger partial charge in [0, 0.05) is 19.0 Å². The molecule has 0 radical (unpaired) electrons. The predicted molar refractivity (Wildman–Crippen MR) is 93.4 cm³/mol. The number of hydrogen-bond donors (Lipinski definition) is 1. The van der Waals surface area contributed by atoms with Crippen LogP contribution in [0.3, 0.4) is 0 Å². The molecule has 1 N–H and O–H groups in total. The largest absolute Gasteiger partial charge is 0.320 e. The van der Waals surface area contributed by atoms with Crippen LogP contribution >= 0.6 is 47.8 Å². The minimum atomic E-state index is -0.133. The summed E-state index contributed by atoms with van der Waals surface area (Å²) in [5, 5.41) is 2.92. The molecule has 104 valence electrons. The molecule has 5 heteroatoms. The van der Waals surface area contributed by atoms with Crippen molar-refractivity contribution in [3.63, 3.8) is 0 Å². The third-order valence-corrected chi connectivity index (χ3v) is 4.99. The molecule has 0 fully saturated rings. The topological polar surface area (TPSA) is 29.1 Å². The van der Waals surface area contributed by atoms with E-state index in [1.807, 2.05) is 38.1 Å². The molecule has 2 rings (SSSR count). The molecule has 0 unspecified atom stereocenters. The molecule has 0 saturated carbocycles. The van der Waals surface area contributed by atoms with Crippen molar-refractivity contribution >= 4 is 59.4 Å². The number of hydrogen-bond acceptors (Lipinski definition) is 1. The number of carbonyl (C=O) groups is 1. The quantitative estimate of drug-likeness (QED) is 0.597. The third-order valence-electron chi connectivity index (χ3n) is 2.85. The van der Waals surface area contributed by atoms with Gasteiger partial charge in [0.1, 0.15) is 0 Å². The van der Waals surface area contributed by atoms with Crippen LogP contribution in [0, 0.1) is 13.8 Å². The van der Waals surface area contributed by atoms with E-state index in [2.05, 4.69) is 53.1 Å². The van der Waals surface area contributed by atoms with Crippen molar-refractivity contribution in [2.75, 3.05) is 5.32 Å². The summed E-state index contributed by atoms with van der Waals surface area (Å²) >= 11 is 10.4. The molecule has 2 aromatic rings. The summed E-state index contributed by atoms with van der Waals surface area (Å²) in [6, 6.07) is 9.46. The molecule has 0 atom stereocenters. The van der Waals surface area contributed by atoms with Gasteiger partial charge in [-0.15, -0.1) is 0 Å². The lowest BCUT2D eigenvalue weighted by molar-refractivity contribution is 0.102. The Hall–Kier alpha value is -0.650. The Bertz CT molecular complexity index is 660. The van der Waals surface area contributed by atoms with Crippen molar-refractivity contribution in [2.45, 2.75) is 13.8 Å². The number of anilines is 1. The summed E-state index contributed by atoms with van der Waals surface area (Å²) in [5.41, 5.74) is 3.51. The van der Waals surface area contributed by atoms with E-state index in [4.69, 9.17) is 0 Å². The first-order valence-corrected chi connectivity index (χ1v) is 8.29. The van der Waals surface area contributed by atoms with Gasteiger partial charge < -0.3 is 5.32 Å². The second kappa shape index (κ2) is 6.41. The van der Waals surface area contributed by atoms with Crippen LogP contribution < -0.4 is 5.32 Å². The number of halogens is 3. The van der Waals surface area contributed by atoms with Gasteiger partial charge in [-0.3, -0.25) is 4.79 Å². The molecule has 0 bridgehead atoms. The fourth-order valence-electron chi connectivity index (χ4n) is 1.79. The maximum atomic E-state index is 12.3. The summed E-state index contributed by atoms with van der Waals surface area (Å²) in [7, 11) is 0. The number of benzene rings is 2. The van der Waals surface area contributed by atoms with Crippen molar-refractivity contribution in [1.82, 2.24) is 0 Å². The van der Waals surface area contributed by atoms with E-state index in [1.165, 1.54) is 0 Å². The molecular formula is C15H12Br3NO. The highest BCUT2D eigenvalue weighted by Gasteiger charge is 2.12. The molecule has 20 heavy (non-hydrogen) atoms. The van der Waals surface area contributed by atoms with Crippen molar-refractivity contribution in [3.05, 3.63) is 60.4 Å². The van der Waals surface area contributed by atoms with Gasteiger partial charge in [0.25, 0.3) is 5.91 Å². The summed E-state index contributed by atoms with van der Waals surface area (Å²) in [5.74, 6) is -0.133. The SMILES string of the molecule is Cc1cc(Br)c(NC(=O)c2ccc(Br)c(C)c2)c(Br)c1. The van der Waals surface area contributed by atoms with E-state index in [0.29, 0.717) is 5.56 Å². The van der Waals surface area contributed by atoms with Crippen LogP contribution in [0.4, 0.5) is 5.69 Å². The van der Waals surface area contributed by atoms with Crippen LogP contribution in [0.5, 0.6) is 0 Å². The van der Waals surface area contributed by atoms with Gasteiger partial charge >= 0.3 is 0 Å². The highest BCUT2D eigenvalue weighted by molar-refractivity contribution is 9.11. The van der Waals surface area contributed by atoms with Gasteiger partial charge in [-0.2, -0.15) is 0 Å². The van der Waals surface area contributed by atoms with Crippen LogP contribution in [0.2, 0.25) is 0 Å². The Morgan fingerprint density at radius 1 is 0.950 bits per heavy atom.